The van der Waals surface area contributed by atoms with E-state index in [2.05, 4.69) is 4.98 Å². The lowest BCUT2D eigenvalue weighted by Crippen LogP contribution is -1.82. The van der Waals surface area contributed by atoms with Crippen LogP contribution in [0.5, 0.6) is 0 Å². The fourth-order valence-corrected chi connectivity index (χ4v) is 1.90. The summed E-state index contributed by atoms with van der Waals surface area (Å²) in [6.45, 7) is 3.79. The van der Waals surface area contributed by atoms with Crippen LogP contribution in [0.2, 0.25) is 0 Å². The van der Waals surface area contributed by atoms with Gasteiger partial charge in [0.05, 0.1) is 5.56 Å². The van der Waals surface area contributed by atoms with Crippen molar-refractivity contribution in [3.63, 3.8) is 0 Å². The van der Waals surface area contributed by atoms with Gasteiger partial charge in [-0.1, -0.05) is 0 Å². The molecule has 1 aromatic carbocycles. The van der Waals surface area contributed by atoms with Gasteiger partial charge in [0.1, 0.15) is 17.0 Å². The predicted octanol–water partition coefficient (Wildman–Crippen LogP) is 3.29. The van der Waals surface area contributed by atoms with Crippen molar-refractivity contribution in [2.75, 3.05) is 5.73 Å². The molecular formula is C13H12N2O2. The molecule has 2 heterocycles. The monoisotopic (exact) mass is 228 g/mol. The summed E-state index contributed by atoms with van der Waals surface area (Å²) in [4.78, 5) is 4.41. The van der Waals surface area contributed by atoms with Gasteiger partial charge in [-0.25, -0.2) is 4.98 Å². The summed E-state index contributed by atoms with van der Waals surface area (Å²) < 4.78 is 11.1. The van der Waals surface area contributed by atoms with Crippen LogP contribution in [-0.2, 0) is 0 Å². The van der Waals surface area contributed by atoms with E-state index in [0.29, 0.717) is 11.6 Å². The highest BCUT2D eigenvalue weighted by Crippen LogP contribution is 2.29. The molecule has 0 saturated carbocycles. The number of furan rings is 1. The van der Waals surface area contributed by atoms with Crippen LogP contribution in [-0.4, -0.2) is 4.98 Å². The molecule has 0 radical (unpaired) electrons. The second-order valence-electron chi connectivity index (χ2n) is 4.07. The van der Waals surface area contributed by atoms with Crippen LogP contribution < -0.4 is 5.73 Å². The Kier molecular flexibility index (Phi) is 1.98. The number of oxazole rings is 1. The van der Waals surface area contributed by atoms with Gasteiger partial charge in [-0.2, -0.15) is 0 Å². The van der Waals surface area contributed by atoms with Gasteiger partial charge < -0.3 is 14.6 Å². The van der Waals surface area contributed by atoms with Crippen LogP contribution in [0.25, 0.3) is 22.6 Å². The van der Waals surface area contributed by atoms with Crippen molar-refractivity contribution in [1.82, 2.24) is 4.98 Å². The molecule has 4 heteroatoms. The van der Waals surface area contributed by atoms with Crippen molar-refractivity contribution in [2.24, 2.45) is 0 Å². The Morgan fingerprint density at radius 3 is 2.65 bits per heavy atom. The van der Waals surface area contributed by atoms with Crippen LogP contribution in [0.1, 0.15) is 11.5 Å². The molecule has 0 unspecified atom stereocenters. The van der Waals surface area contributed by atoms with E-state index in [1.165, 1.54) is 0 Å². The molecule has 0 aliphatic rings. The summed E-state index contributed by atoms with van der Waals surface area (Å²) in [5.74, 6) is 2.22. The van der Waals surface area contributed by atoms with Crippen molar-refractivity contribution in [1.29, 1.82) is 0 Å². The molecule has 3 aromatic rings. The van der Waals surface area contributed by atoms with Crippen molar-refractivity contribution < 1.29 is 8.83 Å². The molecule has 0 saturated heterocycles. The van der Waals surface area contributed by atoms with E-state index >= 15 is 0 Å². The van der Waals surface area contributed by atoms with Crippen LogP contribution in [0, 0.1) is 13.8 Å². The normalized spacial score (nSPS) is 11.2. The highest BCUT2D eigenvalue weighted by atomic mass is 16.4. The summed E-state index contributed by atoms with van der Waals surface area (Å²) in [5, 5.41) is 0. The average molecular weight is 228 g/mol. The van der Waals surface area contributed by atoms with Crippen molar-refractivity contribution in [3.05, 3.63) is 35.8 Å². The average Bonchev–Trinajstić information content (AvgIpc) is 2.80. The summed E-state index contributed by atoms with van der Waals surface area (Å²) in [6, 6.07) is 7.34. The van der Waals surface area contributed by atoms with Gasteiger partial charge in [-0.3, -0.25) is 0 Å². The highest BCUT2D eigenvalue weighted by Gasteiger charge is 2.14. The van der Waals surface area contributed by atoms with Gasteiger partial charge in [-0.15, -0.1) is 0 Å². The highest BCUT2D eigenvalue weighted by molar-refractivity contribution is 5.79. The number of hydrogen-bond donors (Lipinski definition) is 1. The quantitative estimate of drug-likeness (QED) is 0.649. The largest absolute Gasteiger partial charge is 0.466 e. The first-order chi connectivity index (χ1) is 8.13. The van der Waals surface area contributed by atoms with E-state index in [1.807, 2.05) is 26.0 Å². The number of benzene rings is 1. The van der Waals surface area contributed by atoms with E-state index in [1.54, 1.807) is 12.1 Å². The lowest BCUT2D eigenvalue weighted by atomic mass is 10.2. The summed E-state index contributed by atoms with van der Waals surface area (Å²) in [5.41, 5.74) is 8.76. The van der Waals surface area contributed by atoms with E-state index in [4.69, 9.17) is 14.6 Å². The van der Waals surface area contributed by atoms with Gasteiger partial charge in [0.15, 0.2) is 5.58 Å². The molecule has 0 aliphatic heterocycles. The molecule has 0 atom stereocenters. The fourth-order valence-electron chi connectivity index (χ4n) is 1.90. The number of anilines is 1. The lowest BCUT2D eigenvalue weighted by Gasteiger charge is -1.89. The van der Waals surface area contributed by atoms with Crippen molar-refractivity contribution in [2.45, 2.75) is 13.8 Å². The van der Waals surface area contributed by atoms with Crippen molar-refractivity contribution in [3.8, 4) is 11.5 Å². The van der Waals surface area contributed by atoms with E-state index < -0.39 is 0 Å². The number of nitrogens with two attached hydrogens (primary N) is 1. The second-order valence-corrected chi connectivity index (χ2v) is 4.07. The topological polar surface area (TPSA) is 65.2 Å². The van der Waals surface area contributed by atoms with Crippen LogP contribution in [0.3, 0.4) is 0 Å². The molecule has 0 fully saturated rings. The summed E-state index contributed by atoms with van der Waals surface area (Å²) in [7, 11) is 0. The third-order valence-electron chi connectivity index (χ3n) is 2.68. The summed E-state index contributed by atoms with van der Waals surface area (Å²) in [6.07, 6.45) is 0. The molecule has 0 bridgehead atoms. The first-order valence-electron chi connectivity index (χ1n) is 5.37. The third-order valence-corrected chi connectivity index (χ3v) is 2.68. The molecule has 2 N–H and O–H groups in total. The zero-order chi connectivity index (χ0) is 12.0. The maximum atomic E-state index is 5.71. The molecule has 86 valence electrons. The molecule has 3 rings (SSSR count). The number of aromatic nitrogens is 1. The van der Waals surface area contributed by atoms with E-state index in [9.17, 15) is 0 Å². The van der Waals surface area contributed by atoms with Gasteiger partial charge in [0.25, 0.3) is 0 Å². The third kappa shape index (κ3) is 1.58. The standard InChI is InChI=1S/C13H12N2O2/c1-7-5-10(8(2)16-7)13-15-11-6-9(14)3-4-12(11)17-13/h3-6H,14H2,1-2H3. The van der Waals surface area contributed by atoms with Gasteiger partial charge in [0, 0.05) is 5.69 Å². The molecule has 0 spiro atoms. The zero-order valence-corrected chi connectivity index (χ0v) is 9.65. The Bertz CT molecular complexity index is 695. The summed E-state index contributed by atoms with van der Waals surface area (Å²) >= 11 is 0. The zero-order valence-electron chi connectivity index (χ0n) is 9.65. The van der Waals surface area contributed by atoms with Gasteiger partial charge >= 0.3 is 0 Å². The maximum Gasteiger partial charge on any atom is 0.230 e. The fraction of sp³-hybridized carbons (Fsp3) is 0.154. The number of nitrogen functional groups attached to an aromatic ring is 1. The number of hydrogen-bond acceptors (Lipinski definition) is 4. The van der Waals surface area contributed by atoms with E-state index in [0.717, 1.165) is 28.2 Å². The SMILES string of the molecule is Cc1cc(-c2nc3cc(N)ccc3o2)c(C)o1. The Labute approximate surface area is 98.0 Å². The van der Waals surface area contributed by atoms with Gasteiger partial charge in [-0.05, 0) is 38.1 Å². The Morgan fingerprint density at radius 1 is 1.12 bits per heavy atom. The molecule has 2 aromatic heterocycles. The van der Waals surface area contributed by atoms with E-state index in [-0.39, 0.29) is 0 Å². The Hall–Kier alpha value is -2.23. The first kappa shape index (κ1) is 9.96. The minimum atomic E-state index is 0.569. The Balaban J connectivity index is 2.21. The molecule has 0 aliphatic carbocycles. The molecule has 17 heavy (non-hydrogen) atoms. The molecular weight excluding hydrogens is 216 g/mol. The Morgan fingerprint density at radius 2 is 1.94 bits per heavy atom. The number of rotatable bonds is 1. The molecule has 4 nitrogen and oxygen atoms in total. The predicted molar refractivity (Wildman–Crippen MR) is 65.6 cm³/mol. The van der Waals surface area contributed by atoms with Crippen LogP contribution in [0.15, 0.2) is 33.1 Å². The smallest absolute Gasteiger partial charge is 0.230 e. The van der Waals surface area contributed by atoms with Crippen LogP contribution >= 0.6 is 0 Å². The second kappa shape index (κ2) is 3.38. The minimum Gasteiger partial charge on any atom is -0.466 e. The number of fused-ring (bicyclic) bond motifs is 1. The number of nitrogens with zero attached hydrogens (tertiary/aromatic N) is 1. The van der Waals surface area contributed by atoms with Crippen LogP contribution in [0.4, 0.5) is 5.69 Å². The van der Waals surface area contributed by atoms with Gasteiger partial charge in [0.2, 0.25) is 5.89 Å². The lowest BCUT2D eigenvalue weighted by molar-refractivity contribution is 0.503. The maximum absolute atomic E-state index is 5.71. The minimum absolute atomic E-state index is 0.569. The molecule has 0 amide bonds. The first-order valence-corrected chi connectivity index (χ1v) is 5.37. The van der Waals surface area contributed by atoms with Crippen molar-refractivity contribution >= 4 is 16.8 Å². The number of aryl methyl sites for hydroxylation is 2.